The molecule has 2 aromatic rings. The van der Waals surface area contributed by atoms with E-state index in [1.165, 1.54) is 11.8 Å². The fourth-order valence-electron chi connectivity index (χ4n) is 1.80. The molecule has 0 aliphatic rings. The van der Waals surface area contributed by atoms with Crippen LogP contribution < -0.4 is 5.76 Å². The lowest BCUT2D eigenvalue weighted by Crippen LogP contribution is -2.27. The number of amides is 1. The van der Waals surface area contributed by atoms with Crippen LogP contribution in [-0.4, -0.2) is 28.6 Å². The number of hydrogen-bond donors (Lipinski definition) is 1. The van der Waals surface area contributed by atoms with E-state index in [9.17, 15) is 14.4 Å². The molecular weight excluding hydrogens is 248 g/mol. The van der Waals surface area contributed by atoms with Crippen molar-refractivity contribution in [2.75, 3.05) is 7.05 Å². The highest BCUT2D eigenvalue weighted by Gasteiger charge is 2.12. The summed E-state index contributed by atoms with van der Waals surface area (Å²) < 4.78 is 4.95. The number of benzene rings is 1. The summed E-state index contributed by atoms with van der Waals surface area (Å²) in [5, 5.41) is 0. The number of fused-ring (bicyclic) bond motifs is 1. The van der Waals surface area contributed by atoms with Crippen LogP contribution in [0.4, 0.5) is 0 Å². The lowest BCUT2D eigenvalue weighted by Gasteiger charge is -2.16. The monoisotopic (exact) mass is 262 g/mol. The summed E-state index contributed by atoms with van der Waals surface area (Å²) in [6.07, 6.45) is -0.0992. The fraction of sp³-hybridized carbons (Fsp3) is 0.308. The van der Waals surface area contributed by atoms with Crippen molar-refractivity contribution in [2.45, 2.75) is 19.9 Å². The summed E-state index contributed by atoms with van der Waals surface area (Å²) in [6, 6.07) is 5.22. The van der Waals surface area contributed by atoms with Crippen LogP contribution in [0.3, 0.4) is 0 Å². The maximum Gasteiger partial charge on any atom is 0.417 e. The molecule has 0 radical (unpaired) electrons. The van der Waals surface area contributed by atoms with E-state index in [0.29, 0.717) is 17.6 Å². The Morgan fingerprint density at radius 1 is 1.37 bits per heavy atom. The summed E-state index contributed by atoms with van der Waals surface area (Å²) in [4.78, 5) is 37.6. The molecule has 0 unspecified atom stereocenters. The lowest BCUT2D eigenvalue weighted by molar-refractivity contribution is -0.134. The number of nitrogens with one attached hydrogen (secondary N) is 1. The Balaban J connectivity index is 2.14. The maximum absolute atomic E-state index is 11.7. The molecule has 1 N–H and O–H groups in total. The molecule has 2 rings (SSSR count). The summed E-state index contributed by atoms with van der Waals surface area (Å²) >= 11 is 0. The highest BCUT2D eigenvalue weighted by molar-refractivity contribution is 5.96. The molecular formula is C13H14N2O4. The van der Waals surface area contributed by atoms with Crippen LogP contribution in [0.5, 0.6) is 0 Å². The minimum atomic E-state index is -0.506. The molecule has 0 fully saturated rings. The standard InChI is InChI=1S/C13H14N2O4/c1-8(16)5-12(17)15(2)7-9-3-4-10-11(6-9)19-13(18)14-10/h3-4,6H,5,7H2,1-2H3,(H,14,18). The van der Waals surface area contributed by atoms with Gasteiger partial charge in [0.05, 0.1) is 11.9 Å². The first-order chi connectivity index (χ1) is 8.95. The van der Waals surface area contributed by atoms with Crippen LogP contribution in [0.2, 0.25) is 0 Å². The zero-order valence-electron chi connectivity index (χ0n) is 10.7. The molecule has 0 bridgehead atoms. The number of nitrogens with zero attached hydrogens (tertiary/aromatic N) is 1. The largest absolute Gasteiger partial charge is 0.417 e. The Bertz CT molecular complexity index is 683. The number of carbonyl (C=O) groups is 2. The van der Waals surface area contributed by atoms with Crippen LogP contribution in [0.1, 0.15) is 18.9 Å². The molecule has 6 heteroatoms. The van der Waals surface area contributed by atoms with Gasteiger partial charge in [-0.3, -0.25) is 14.6 Å². The zero-order valence-corrected chi connectivity index (χ0v) is 10.7. The fourth-order valence-corrected chi connectivity index (χ4v) is 1.80. The van der Waals surface area contributed by atoms with Crippen molar-refractivity contribution in [2.24, 2.45) is 0 Å². The number of H-pyrrole nitrogens is 1. The van der Waals surface area contributed by atoms with E-state index in [2.05, 4.69) is 4.98 Å². The van der Waals surface area contributed by atoms with Gasteiger partial charge in [0.15, 0.2) is 5.58 Å². The van der Waals surface area contributed by atoms with E-state index < -0.39 is 5.76 Å². The SMILES string of the molecule is CC(=O)CC(=O)N(C)Cc1ccc2[nH]c(=O)oc2c1. The molecule has 1 aromatic carbocycles. The van der Waals surface area contributed by atoms with Gasteiger partial charge in [0.2, 0.25) is 5.91 Å². The highest BCUT2D eigenvalue weighted by Crippen LogP contribution is 2.14. The Hall–Kier alpha value is -2.37. The average Bonchev–Trinajstić information content (AvgIpc) is 2.67. The van der Waals surface area contributed by atoms with Crippen molar-refractivity contribution in [3.05, 3.63) is 34.3 Å². The maximum atomic E-state index is 11.7. The number of ketones is 1. The molecule has 19 heavy (non-hydrogen) atoms. The third-order valence-corrected chi connectivity index (χ3v) is 2.73. The molecule has 0 spiro atoms. The second-order valence-corrected chi connectivity index (χ2v) is 4.47. The minimum absolute atomic E-state index is 0.0992. The molecule has 0 atom stereocenters. The second-order valence-electron chi connectivity index (χ2n) is 4.47. The van der Waals surface area contributed by atoms with Crippen molar-refractivity contribution < 1.29 is 14.0 Å². The lowest BCUT2D eigenvalue weighted by atomic mass is 10.2. The van der Waals surface area contributed by atoms with Crippen LogP contribution in [0.15, 0.2) is 27.4 Å². The number of rotatable bonds is 4. The molecule has 1 amide bonds. The Kier molecular flexibility index (Phi) is 3.50. The van der Waals surface area contributed by atoms with Gasteiger partial charge in [-0.05, 0) is 24.6 Å². The van der Waals surface area contributed by atoms with Crippen molar-refractivity contribution in [3.8, 4) is 0 Å². The average molecular weight is 262 g/mol. The number of carbonyl (C=O) groups excluding carboxylic acids is 2. The van der Waals surface area contributed by atoms with Gasteiger partial charge < -0.3 is 9.32 Å². The van der Waals surface area contributed by atoms with Gasteiger partial charge in [-0.15, -0.1) is 0 Å². The molecule has 0 aliphatic carbocycles. The van der Waals surface area contributed by atoms with Gasteiger partial charge in [0.1, 0.15) is 5.78 Å². The van der Waals surface area contributed by atoms with E-state index in [0.717, 1.165) is 5.56 Å². The van der Waals surface area contributed by atoms with Crippen molar-refractivity contribution >= 4 is 22.8 Å². The number of oxazole rings is 1. The Morgan fingerprint density at radius 2 is 2.11 bits per heavy atom. The molecule has 6 nitrogen and oxygen atoms in total. The number of aromatic nitrogens is 1. The Morgan fingerprint density at radius 3 is 2.79 bits per heavy atom. The number of hydrogen-bond acceptors (Lipinski definition) is 4. The van der Waals surface area contributed by atoms with Crippen LogP contribution in [0.25, 0.3) is 11.1 Å². The van der Waals surface area contributed by atoms with Gasteiger partial charge in [-0.25, -0.2) is 4.79 Å². The highest BCUT2D eigenvalue weighted by atomic mass is 16.4. The first kappa shape index (κ1) is 13.1. The van der Waals surface area contributed by atoms with Gasteiger partial charge in [-0.2, -0.15) is 0 Å². The predicted octanol–water partition coefficient (Wildman–Crippen LogP) is 1.06. The predicted molar refractivity (Wildman–Crippen MR) is 68.6 cm³/mol. The smallest absolute Gasteiger partial charge is 0.408 e. The van der Waals surface area contributed by atoms with Crippen LogP contribution >= 0.6 is 0 Å². The first-order valence-electron chi connectivity index (χ1n) is 5.81. The normalized spacial score (nSPS) is 10.6. The van der Waals surface area contributed by atoms with Crippen molar-refractivity contribution in [1.29, 1.82) is 0 Å². The van der Waals surface area contributed by atoms with E-state index >= 15 is 0 Å². The number of aromatic amines is 1. The molecule has 1 heterocycles. The van der Waals surface area contributed by atoms with Gasteiger partial charge in [0, 0.05) is 13.6 Å². The topological polar surface area (TPSA) is 83.4 Å². The molecule has 1 aromatic heterocycles. The van der Waals surface area contributed by atoms with E-state index in [1.54, 1.807) is 25.2 Å². The van der Waals surface area contributed by atoms with Crippen molar-refractivity contribution in [1.82, 2.24) is 9.88 Å². The third kappa shape index (κ3) is 3.09. The Labute approximate surface area is 109 Å². The number of Topliss-reactive ketones (excluding diaryl/α,β-unsaturated/α-hetero) is 1. The summed E-state index contributed by atoms with van der Waals surface area (Å²) in [5.41, 5.74) is 1.90. The van der Waals surface area contributed by atoms with E-state index in [1.807, 2.05) is 0 Å². The summed E-state index contributed by atoms with van der Waals surface area (Å²) in [6.45, 7) is 1.74. The second kappa shape index (κ2) is 5.09. The minimum Gasteiger partial charge on any atom is -0.408 e. The molecule has 100 valence electrons. The van der Waals surface area contributed by atoms with Crippen LogP contribution in [-0.2, 0) is 16.1 Å². The molecule has 0 saturated carbocycles. The summed E-state index contributed by atoms with van der Waals surface area (Å²) in [7, 11) is 1.63. The quantitative estimate of drug-likeness (QED) is 0.835. The van der Waals surface area contributed by atoms with Gasteiger partial charge in [0.25, 0.3) is 0 Å². The third-order valence-electron chi connectivity index (χ3n) is 2.73. The summed E-state index contributed by atoms with van der Waals surface area (Å²) in [5.74, 6) is -0.903. The molecule has 0 saturated heterocycles. The first-order valence-corrected chi connectivity index (χ1v) is 5.81. The van der Waals surface area contributed by atoms with Crippen LogP contribution in [0, 0.1) is 0 Å². The van der Waals surface area contributed by atoms with E-state index in [4.69, 9.17) is 4.42 Å². The zero-order chi connectivity index (χ0) is 14.0. The van der Waals surface area contributed by atoms with Gasteiger partial charge in [-0.1, -0.05) is 6.07 Å². The molecule has 0 aliphatic heterocycles. The van der Waals surface area contributed by atoms with Gasteiger partial charge >= 0.3 is 5.76 Å². The van der Waals surface area contributed by atoms with Crippen molar-refractivity contribution in [3.63, 3.8) is 0 Å². The van der Waals surface area contributed by atoms with E-state index in [-0.39, 0.29) is 18.1 Å².